The molecule has 1 aliphatic carbocycles. The average molecular weight is 225 g/mol. The van der Waals surface area contributed by atoms with Gasteiger partial charge in [-0.3, -0.25) is 4.79 Å². The zero-order valence-corrected chi connectivity index (χ0v) is 8.89. The summed E-state index contributed by atoms with van der Waals surface area (Å²) in [5.41, 5.74) is 0. The summed E-state index contributed by atoms with van der Waals surface area (Å²) in [5, 5.41) is 11.2. The van der Waals surface area contributed by atoms with E-state index in [9.17, 15) is 9.59 Å². The minimum atomic E-state index is -0.829. The van der Waals surface area contributed by atoms with Crippen molar-refractivity contribution < 1.29 is 19.4 Å². The van der Waals surface area contributed by atoms with Crippen LogP contribution in [0.1, 0.15) is 12.8 Å². The monoisotopic (exact) mass is 225 g/mol. The number of hydrogen-bond acceptors (Lipinski definition) is 3. The molecule has 1 aliphatic rings. The molecule has 0 unspecified atom stereocenters. The van der Waals surface area contributed by atoms with E-state index in [2.05, 4.69) is 11.9 Å². The van der Waals surface area contributed by atoms with E-state index < -0.39 is 12.1 Å². The largest absolute Gasteiger partial charge is 0.481 e. The molecular formula is C11H15NO4. The Bertz CT molecular complexity index is 311. The van der Waals surface area contributed by atoms with Crippen molar-refractivity contribution in [3.05, 3.63) is 24.8 Å². The van der Waals surface area contributed by atoms with E-state index in [1.807, 2.05) is 6.08 Å². The molecule has 88 valence electrons. The van der Waals surface area contributed by atoms with E-state index in [1.54, 1.807) is 6.08 Å². The van der Waals surface area contributed by atoms with Gasteiger partial charge >= 0.3 is 12.1 Å². The van der Waals surface area contributed by atoms with E-state index in [0.717, 1.165) is 0 Å². The predicted molar refractivity (Wildman–Crippen MR) is 58.0 cm³/mol. The fourth-order valence-electron chi connectivity index (χ4n) is 1.58. The van der Waals surface area contributed by atoms with Crippen LogP contribution in [0.2, 0.25) is 0 Å². The molecule has 0 aromatic rings. The summed E-state index contributed by atoms with van der Waals surface area (Å²) in [6, 6.07) is -0.137. The second-order valence-corrected chi connectivity index (χ2v) is 3.62. The summed E-state index contributed by atoms with van der Waals surface area (Å²) in [6.07, 6.45) is 5.28. The van der Waals surface area contributed by atoms with E-state index in [-0.39, 0.29) is 25.0 Å². The highest BCUT2D eigenvalue weighted by Crippen LogP contribution is 2.21. The maximum atomic E-state index is 11.2. The van der Waals surface area contributed by atoms with Gasteiger partial charge in [0.25, 0.3) is 0 Å². The molecule has 1 rings (SSSR count). The lowest BCUT2D eigenvalue weighted by Gasteiger charge is -2.12. The molecule has 16 heavy (non-hydrogen) atoms. The lowest BCUT2D eigenvalue weighted by Crippen LogP contribution is -2.33. The molecule has 0 heterocycles. The second-order valence-electron chi connectivity index (χ2n) is 3.62. The molecule has 0 fully saturated rings. The number of rotatable bonds is 5. The van der Waals surface area contributed by atoms with E-state index >= 15 is 0 Å². The van der Waals surface area contributed by atoms with Crippen molar-refractivity contribution in [2.45, 2.75) is 18.9 Å². The molecule has 0 aliphatic heterocycles. The first-order chi connectivity index (χ1) is 7.61. The van der Waals surface area contributed by atoms with Crippen molar-refractivity contribution in [1.29, 1.82) is 0 Å². The van der Waals surface area contributed by atoms with Crippen LogP contribution in [-0.2, 0) is 9.53 Å². The molecule has 0 aromatic carbocycles. The Morgan fingerprint density at radius 3 is 2.94 bits per heavy atom. The molecule has 0 aromatic heterocycles. The molecule has 5 nitrogen and oxygen atoms in total. The third kappa shape index (κ3) is 4.16. The van der Waals surface area contributed by atoms with E-state index in [4.69, 9.17) is 9.84 Å². The Labute approximate surface area is 93.8 Å². The minimum absolute atomic E-state index is 0.0118. The summed E-state index contributed by atoms with van der Waals surface area (Å²) < 4.78 is 4.75. The molecule has 0 saturated heterocycles. The first-order valence-electron chi connectivity index (χ1n) is 5.06. The molecule has 0 bridgehead atoms. The van der Waals surface area contributed by atoms with Gasteiger partial charge in [0.1, 0.15) is 6.61 Å². The van der Waals surface area contributed by atoms with Gasteiger partial charge in [-0.05, 0) is 12.3 Å². The topological polar surface area (TPSA) is 75.6 Å². The molecule has 2 N–H and O–H groups in total. The summed E-state index contributed by atoms with van der Waals surface area (Å²) in [6.45, 7) is 3.59. The van der Waals surface area contributed by atoms with Crippen molar-refractivity contribution in [2.75, 3.05) is 6.61 Å². The standard InChI is InChI=1S/C11H15NO4/c1-2-5-16-11(15)12-9-4-3-8(6-9)7-10(13)14/h2-4,8-9H,1,5-7H2,(H,12,15)(H,13,14)/t8-,9+/m1/s1. The molecule has 0 saturated carbocycles. The normalized spacial score (nSPS) is 22.8. The number of carboxylic acid groups (broad SMARTS) is 1. The van der Waals surface area contributed by atoms with Crippen LogP contribution in [0.4, 0.5) is 4.79 Å². The SMILES string of the molecule is C=CCOC(=O)N[C@H]1C=C[C@@H](CC(=O)O)C1. The number of alkyl carbamates (subject to hydrolysis) is 1. The third-order valence-corrected chi connectivity index (χ3v) is 2.24. The summed E-state index contributed by atoms with van der Waals surface area (Å²) in [5.74, 6) is -0.841. The van der Waals surface area contributed by atoms with Gasteiger partial charge < -0.3 is 15.2 Å². The van der Waals surface area contributed by atoms with Gasteiger partial charge in [-0.15, -0.1) is 0 Å². The highest BCUT2D eigenvalue weighted by molar-refractivity contribution is 5.69. The Kier molecular flexibility index (Phi) is 4.57. The van der Waals surface area contributed by atoms with Crippen LogP contribution in [0.25, 0.3) is 0 Å². The van der Waals surface area contributed by atoms with Crippen LogP contribution in [-0.4, -0.2) is 29.8 Å². The Balaban J connectivity index is 2.26. The smallest absolute Gasteiger partial charge is 0.407 e. The van der Waals surface area contributed by atoms with Gasteiger partial charge in [-0.1, -0.05) is 24.8 Å². The van der Waals surface area contributed by atoms with Crippen LogP contribution >= 0.6 is 0 Å². The first-order valence-corrected chi connectivity index (χ1v) is 5.06. The highest BCUT2D eigenvalue weighted by atomic mass is 16.5. The van der Waals surface area contributed by atoms with Crippen LogP contribution in [0.15, 0.2) is 24.8 Å². The number of carboxylic acids is 1. The van der Waals surface area contributed by atoms with Crippen LogP contribution < -0.4 is 5.32 Å². The number of allylic oxidation sites excluding steroid dienone is 1. The zero-order chi connectivity index (χ0) is 12.0. The molecule has 0 spiro atoms. The number of ether oxygens (including phenoxy) is 1. The van der Waals surface area contributed by atoms with Crippen LogP contribution in [0.5, 0.6) is 0 Å². The zero-order valence-electron chi connectivity index (χ0n) is 8.89. The fraction of sp³-hybridized carbons (Fsp3) is 0.455. The van der Waals surface area contributed by atoms with Crippen molar-refractivity contribution >= 4 is 12.1 Å². The van der Waals surface area contributed by atoms with Crippen molar-refractivity contribution in [3.8, 4) is 0 Å². The Hall–Kier alpha value is -1.78. The second kappa shape index (κ2) is 5.95. The number of hydrogen-bond donors (Lipinski definition) is 2. The maximum absolute atomic E-state index is 11.2. The lowest BCUT2D eigenvalue weighted by molar-refractivity contribution is -0.137. The highest BCUT2D eigenvalue weighted by Gasteiger charge is 2.22. The fourth-order valence-corrected chi connectivity index (χ4v) is 1.58. The number of carbonyl (C=O) groups is 2. The number of aliphatic carboxylic acids is 1. The van der Waals surface area contributed by atoms with Crippen molar-refractivity contribution in [2.24, 2.45) is 5.92 Å². The summed E-state index contributed by atoms with van der Waals surface area (Å²) >= 11 is 0. The third-order valence-electron chi connectivity index (χ3n) is 2.24. The number of carbonyl (C=O) groups excluding carboxylic acids is 1. The van der Waals surface area contributed by atoms with Gasteiger partial charge in [0.05, 0.1) is 12.5 Å². The number of amides is 1. The Morgan fingerprint density at radius 1 is 1.56 bits per heavy atom. The molecule has 2 atom stereocenters. The Morgan fingerprint density at radius 2 is 2.31 bits per heavy atom. The lowest BCUT2D eigenvalue weighted by atomic mass is 10.0. The molecular weight excluding hydrogens is 210 g/mol. The molecule has 1 amide bonds. The van der Waals surface area contributed by atoms with Gasteiger partial charge in [-0.25, -0.2) is 4.79 Å². The van der Waals surface area contributed by atoms with Crippen molar-refractivity contribution in [1.82, 2.24) is 5.32 Å². The first kappa shape index (κ1) is 12.3. The summed E-state index contributed by atoms with van der Waals surface area (Å²) in [7, 11) is 0. The molecule has 5 heteroatoms. The minimum Gasteiger partial charge on any atom is -0.481 e. The molecule has 0 radical (unpaired) electrons. The summed E-state index contributed by atoms with van der Waals surface area (Å²) in [4.78, 5) is 21.6. The quantitative estimate of drug-likeness (QED) is 0.692. The maximum Gasteiger partial charge on any atom is 0.407 e. The van der Waals surface area contributed by atoms with Crippen LogP contribution in [0, 0.1) is 5.92 Å². The van der Waals surface area contributed by atoms with Crippen LogP contribution in [0.3, 0.4) is 0 Å². The van der Waals surface area contributed by atoms with Gasteiger partial charge in [0, 0.05) is 0 Å². The van der Waals surface area contributed by atoms with Gasteiger partial charge in [-0.2, -0.15) is 0 Å². The van der Waals surface area contributed by atoms with Gasteiger partial charge in [0.15, 0.2) is 0 Å². The predicted octanol–water partition coefficient (Wildman–Crippen LogP) is 1.32. The van der Waals surface area contributed by atoms with E-state index in [1.165, 1.54) is 6.08 Å². The van der Waals surface area contributed by atoms with E-state index in [0.29, 0.717) is 6.42 Å². The van der Waals surface area contributed by atoms with Gasteiger partial charge in [0.2, 0.25) is 0 Å². The average Bonchev–Trinajstić information content (AvgIpc) is 2.61. The van der Waals surface area contributed by atoms with Crippen molar-refractivity contribution in [3.63, 3.8) is 0 Å². The number of nitrogens with one attached hydrogen (secondary N) is 1.